The first kappa shape index (κ1) is 24.0. The molecule has 32 heavy (non-hydrogen) atoms. The van der Waals surface area contributed by atoms with Crippen molar-refractivity contribution < 1.29 is 19.4 Å². The lowest BCUT2D eigenvalue weighted by molar-refractivity contribution is -0.154. The first-order valence-corrected chi connectivity index (χ1v) is 13.2. The Balaban J connectivity index is 1.43. The molecule has 0 spiro atoms. The van der Waals surface area contributed by atoms with Gasteiger partial charge in [0.1, 0.15) is 0 Å². The molecule has 0 aromatic heterocycles. The van der Waals surface area contributed by atoms with Crippen LogP contribution in [-0.2, 0) is 14.3 Å². The molecule has 7 unspecified atom stereocenters. The van der Waals surface area contributed by atoms with E-state index in [9.17, 15) is 14.7 Å². The molecule has 6 heteroatoms. The molecule has 4 fully saturated rings. The van der Waals surface area contributed by atoms with Crippen LogP contribution in [-0.4, -0.2) is 60.3 Å². The molecule has 0 radical (unpaired) electrons. The Kier molecular flexibility index (Phi) is 7.50. The third kappa shape index (κ3) is 4.72. The predicted molar refractivity (Wildman–Crippen MR) is 124 cm³/mol. The van der Waals surface area contributed by atoms with Gasteiger partial charge >= 0.3 is 0 Å². The number of ether oxygens (including phenoxy) is 1. The minimum absolute atomic E-state index is 0.0151. The molecule has 0 aromatic rings. The lowest BCUT2D eigenvalue weighted by atomic mass is 9.51. The van der Waals surface area contributed by atoms with Gasteiger partial charge in [0, 0.05) is 31.0 Å². The topological polar surface area (TPSA) is 78.9 Å². The van der Waals surface area contributed by atoms with Crippen LogP contribution in [0.25, 0.3) is 0 Å². The van der Waals surface area contributed by atoms with E-state index >= 15 is 0 Å². The summed E-state index contributed by atoms with van der Waals surface area (Å²) < 4.78 is 5.40. The molecule has 1 saturated heterocycles. The Morgan fingerprint density at radius 1 is 1.06 bits per heavy atom. The summed E-state index contributed by atoms with van der Waals surface area (Å²) in [5.41, 5.74) is 0.0864. The second kappa shape index (κ2) is 10.0. The number of nitrogens with one attached hydrogen (secondary N) is 1. The highest BCUT2D eigenvalue weighted by atomic mass is 16.5. The van der Waals surface area contributed by atoms with Gasteiger partial charge < -0.3 is 20.1 Å². The van der Waals surface area contributed by atoms with Crippen LogP contribution in [0.1, 0.15) is 78.6 Å². The third-order valence-electron chi connectivity index (χ3n) is 9.55. The summed E-state index contributed by atoms with van der Waals surface area (Å²) in [6.07, 6.45) is 9.07. The number of carbonyl (C=O) groups is 2. The number of carbonyl (C=O) groups excluding carboxylic acids is 2. The van der Waals surface area contributed by atoms with Gasteiger partial charge in [-0.2, -0.15) is 0 Å². The van der Waals surface area contributed by atoms with Gasteiger partial charge in [-0.05, 0) is 61.7 Å². The number of hydrogen-bond donors (Lipinski definition) is 2. The van der Waals surface area contributed by atoms with E-state index in [0.717, 1.165) is 51.4 Å². The fourth-order valence-corrected chi connectivity index (χ4v) is 7.42. The fourth-order valence-electron chi connectivity index (χ4n) is 7.42. The van der Waals surface area contributed by atoms with E-state index in [1.807, 2.05) is 11.8 Å². The van der Waals surface area contributed by atoms with Crippen LogP contribution in [0.15, 0.2) is 0 Å². The predicted octanol–water partition coefficient (Wildman–Crippen LogP) is 3.37. The lowest BCUT2D eigenvalue weighted by Crippen LogP contribution is -2.59. The average Bonchev–Trinajstić information content (AvgIpc) is 2.81. The second-order valence-corrected chi connectivity index (χ2v) is 11.4. The number of rotatable bonds is 4. The Morgan fingerprint density at radius 2 is 1.72 bits per heavy atom. The molecule has 3 aliphatic carbocycles. The minimum Gasteiger partial charge on any atom is -0.392 e. The van der Waals surface area contributed by atoms with E-state index in [-0.39, 0.29) is 52.9 Å². The minimum atomic E-state index is -0.502. The molecule has 2 N–H and O–H groups in total. The maximum absolute atomic E-state index is 13.2. The molecule has 0 aromatic carbocycles. The zero-order chi connectivity index (χ0) is 22.9. The Labute approximate surface area is 193 Å². The SMILES string of the molecule is CC(C(=O)N1CCOCC1)C1CCC2(C)CCC(NC(=O)C3CCCCC3)C(C)C2C1O. The first-order chi connectivity index (χ1) is 15.3. The Morgan fingerprint density at radius 3 is 2.41 bits per heavy atom. The number of morpholine rings is 1. The Bertz CT molecular complexity index is 673. The van der Waals surface area contributed by atoms with Gasteiger partial charge in [0.2, 0.25) is 11.8 Å². The highest BCUT2D eigenvalue weighted by Crippen LogP contribution is 2.55. The number of amides is 2. The zero-order valence-corrected chi connectivity index (χ0v) is 20.4. The van der Waals surface area contributed by atoms with Crippen molar-refractivity contribution in [2.45, 2.75) is 90.7 Å². The van der Waals surface area contributed by atoms with E-state index in [1.54, 1.807) is 0 Å². The van der Waals surface area contributed by atoms with E-state index < -0.39 is 6.10 Å². The summed E-state index contributed by atoms with van der Waals surface area (Å²) in [7, 11) is 0. The summed E-state index contributed by atoms with van der Waals surface area (Å²) >= 11 is 0. The molecule has 1 aliphatic heterocycles. The molecule has 6 nitrogen and oxygen atoms in total. The molecular weight excluding hydrogens is 404 g/mol. The van der Waals surface area contributed by atoms with Crippen molar-refractivity contribution in [1.29, 1.82) is 0 Å². The van der Waals surface area contributed by atoms with Gasteiger partial charge in [-0.3, -0.25) is 9.59 Å². The number of aliphatic hydroxyl groups excluding tert-OH is 1. The number of fused-ring (bicyclic) bond motifs is 1. The Hall–Kier alpha value is -1.14. The molecule has 0 bridgehead atoms. The quantitative estimate of drug-likeness (QED) is 0.691. The molecule has 1 heterocycles. The normalized spacial score (nSPS) is 39.8. The van der Waals surface area contributed by atoms with Crippen molar-refractivity contribution in [2.75, 3.05) is 26.3 Å². The summed E-state index contributed by atoms with van der Waals surface area (Å²) in [4.78, 5) is 28.0. The van der Waals surface area contributed by atoms with Gasteiger partial charge in [-0.15, -0.1) is 0 Å². The van der Waals surface area contributed by atoms with Crippen molar-refractivity contribution >= 4 is 11.8 Å². The molecule has 3 saturated carbocycles. The van der Waals surface area contributed by atoms with E-state index in [2.05, 4.69) is 19.2 Å². The number of hydrogen-bond acceptors (Lipinski definition) is 4. The molecular formula is C26H44N2O4. The van der Waals surface area contributed by atoms with E-state index in [4.69, 9.17) is 4.74 Å². The van der Waals surface area contributed by atoms with Crippen LogP contribution in [0, 0.1) is 35.0 Å². The largest absolute Gasteiger partial charge is 0.392 e. The van der Waals surface area contributed by atoms with Crippen LogP contribution >= 0.6 is 0 Å². The van der Waals surface area contributed by atoms with Crippen LogP contribution in [0.4, 0.5) is 0 Å². The summed E-state index contributed by atoms with van der Waals surface area (Å²) in [5, 5.41) is 15.0. The standard InChI is InChI=1S/C26H44N2O4/c1-17(25(31)28-13-15-32-16-14-28)20-9-11-26(3)12-10-21(18(2)22(26)23(20)29)27-24(30)19-7-5-4-6-8-19/h17-23,29H,4-16H2,1-3H3,(H,27,30). The molecule has 4 rings (SSSR count). The molecule has 7 atom stereocenters. The third-order valence-corrected chi connectivity index (χ3v) is 9.55. The maximum Gasteiger partial charge on any atom is 0.225 e. The van der Waals surface area contributed by atoms with E-state index in [0.29, 0.717) is 26.3 Å². The van der Waals surface area contributed by atoms with Crippen molar-refractivity contribution in [3.05, 3.63) is 0 Å². The van der Waals surface area contributed by atoms with E-state index in [1.165, 1.54) is 6.42 Å². The maximum atomic E-state index is 13.2. The summed E-state index contributed by atoms with van der Waals surface area (Å²) in [6, 6.07) is 0.126. The summed E-state index contributed by atoms with van der Waals surface area (Å²) in [5.74, 6) is 0.681. The second-order valence-electron chi connectivity index (χ2n) is 11.4. The fraction of sp³-hybridized carbons (Fsp3) is 0.923. The smallest absolute Gasteiger partial charge is 0.225 e. The number of aliphatic hydroxyl groups is 1. The zero-order valence-electron chi connectivity index (χ0n) is 20.4. The van der Waals surface area contributed by atoms with Gasteiger partial charge in [0.05, 0.1) is 19.3 Å². The highest BCUT2D eigenvalue weighted by Gasteiger charge is 2.54. The van der Waals surface area contributed by atoms with Crippen LogP contribution in [0.3, 0.4) is 0 Å². The van der Waals surface area contributed by atoms with Gasteiger partial charge in [-0.1, -0.05) is 40.0 Å². The average molecular weight is 449 g/mol. The van der Waals surface area contributed by atoms with Gasteiger partial charge in [0.25, 0.3) is 0 Å². The van der Waals surface area contributed by atoms with Crippen molar-refractivity contribution in [3.8, 4) is 0 Å². The molecule has 2 amide bonds. The molecule has 4 aliphatic rings. The number of nitrogens with zero attached hydrogens (tertiary/aromatic N) is 1. The van der Waals surface area contributed by atoms with Gasteiger partial charge in [-0.25, -0.2) is 0 Å². The van der Waals surface area contributed by atoms with Crippen LogP contribution in [0.2, 0.25) is 0 Å². The monoisotopic (exact) mass is 448 g/mol. The molecule has 182 valence electrons. The lowest BCUT2D eigenvalue weighted by Gasteiger charge is -2.56. The van der Waals surface area contributed by atoms with Crippen molar-refractivity contribution in [3.63, 3.8) is 0 Å². The van der Waals surface area contributed by atoms with Crippen molar-refractivity contribution in [2.24, 2.45) is 35.0 Å². The van der Waals surface area contributed by atoms with Crippen LogP contribution < -0.4 is 5.32 Å². The first-order valence-electron chi connectivity index (χ1n) is 13.2. The van der Waals surface area contributed by atoms with Gasteiger partial charge in [0.15, 0.2) is 0 Å². The highest BCUT2D eigenvalue weighted by molar-refractivity contribution is 5.79. The van der Waals surface area contributed by atoms with Crippen molar-refractivity contribution in [1.82, 2.24) is 10.2 Å². The summed E-state index contributed by atoms with van der Waals surface area (Å²) in [6.45, 7) is 9.05. The van der Waals surface area contributed by atoms with Crippen LogP contribution in [0.5, 0.6) is 0 Å².